The van der Waals surface area contributed by atoms with Crippen LogP contribution in [0.15, 0.2) is 122 Å². The average Bonchev–Trinajstić information content (AvgIpc) is 4.26. The second kappa shape index (κ2) is 25.7. The van der Waals surface area contributed by atoms with Crippen molar-refractivity contribution in [3.8, 4) is 22.5 Å². The number of carbonyl (C=O) groups excluding carboxylic acids is 3. The van der Waals surface area contributed by atoms with E-state index in [0.29, 0.717) is 25.9 Å². The number of amides is 3. The Kier molecular flexibility index (Phi) is 19.4. The number of H-pyrrole nitrogens is 1. The normalized spacial score (nSPS) is 15.6. The van der Waals surface area contributed by atoms with E-state index in [0.717, 1.165) is 89.3 Å². The fraction of sp³-hybridized carbons (Fsp3) is 0.352. The number of ether oxygens (including phenoxy) is 2. The molecule has 0 aliphatic carbocycles. The van der Waals surface area contributed by atoms with Crippen molar-refractivity contribution >= 4 is 41.2 Å². The summed E-state index contributed by atoms with van der Waals surface area (Å²) >= 11 is 0. The van der Waals surface area contributed by atoms with Crippen LogP contribution < -0.4 is 20.9 Å². The van der Waals surface area contributed by atoms with Crippen molar-refractivity contribution in [1.82, 2.24) is 25.3 Å². The van der Waals surface area contributed by atoms with Crippen molar-refractivity contribution in [3.05, 3.63) is 144 Å². The first kappa shape index (κ1) is 58.2. The number of anilines is 2. The smallest absolute Gasteiger partial charge is 0.475 e. The van der Waals surface area contributed by atoms with E-state index in [1.54, 1.807) is 17.3 Å². The molecule has 3 aliphatic heterocycles. The van der Waals surface area contributed by atoms with Gasteiger partial charge in [-0.05, 0) is 106 Å². The number of benzene rings is 4. The van der Waals surface area contributed by atoms with Gasteiger partial charge in [-0.2, -0.15) is 36.5 Å². The van der Waals surface area contributed by atoms with Crippen LogP contribution in [0.4, 0.5) is 42.5 Å². The maximum Gasteiger partial charge on any atom is 0.490 e. The number of halogens is 6. The number of rotatable bonds is 10. The molecule has 17 nitrogen and oxygen atoms in total. The number of carbonyl (C=O) groups is 5. The number of fused-ring (bicyclic) bond motifs is 2. The van der Waals surface area contributed by atoms with Gasteiger partial charge in [0.05, 0.1) is 17.4 Å². The van der Waals surface area contributed by atoms with Gasteiger partial charge in [0.1, 0.15) is 11.6 Å². The minimum atomic E-state index is -5.08. The maximum absolute atomic E-state index is 13.9. The van der Waals surface area contributed by atoms with Gasteiger partial charge < -0.3 is 40.5 Å². The van der Waals surface area contributed by atoms with Crippen LogP contribution in [0.1, 0.15) is 68.5 Å². The molecule has 410 valence electrons. The molecule has 4 aromatic carbocycles. The van der Waals surface area contributed by atoms with Crippen LogP contribution in [0, 0.1) is 0 Å². The van der Waals surface area contributed by atoms with Crippen molar-refractivity contribution in [2.24, 2.45) is 5.73 Å². The Balaban J connectivity index is 0.000000209. The molecule has 23 heteroatoms. The number of aromatic nitrogens is 4. The molecule has 0 saturated carbocycles. The molecule has 9 rings (SSSR count). The number of nitrogens with zero attached hydrogens (tertiary/aromatic N) is 5. The molecular weight excluding hydrogens is 1020 g/mol. The van der Waals surface area contributed by atoms with E-state index in [1.807, 2.05) is 109 Å². The molecular formula is C54H58F6N8O9. The van der Waals surface area contributed by atoms with Crippen LogP contribution in [0.3, 0.4) is 0 Å². The maximum atomic E-state index is 13.9. The van der Waals surface area contributed by atoms with E-state index >= 15 is 0 Å². The van der Waals surface area contributed by atoms with Gasteiger partial charge in [0, 0.05) is 61.0 Å². The van der Waals surface area contributed by atoms with Gasteiger partial charge in [0.2, 0.25) is 11.8 Å². The van der Waals surface area contributed by atoms with Crippen molar-refractivity contribution in [1.29, 1.82) is 0 Å². The number of hydrogen-bond acceptors (Lipinski definition) is 10. The number of carboxylic acids is 2. The van der Waals surface area contributed by atoms with Crippen molar-refractivity contribution in [2.45, 2.75) is 102 Å². The number of aliphatic carboxylic acids is 2. The highest BCUT2D eigenvalue weighted by atomic mass is 19.4. The summed E-state index contributed by atoms with van der Waals surface area (Å²) in [5.41, 5.74) is 15.6. The van der Waals surface area contributed by atoms with Crippen LogP contribution in [0.2, 0.25) is 0 Å². The third kappa shape index (κ3) is 16.5. The molecule has 2 aromatic heterocycles. The summed E-state index contributed by atoms with van der Waals surface area (Å²) in [7, 11) is 0. The minimum Gasteiger partial charge on any atom is -0.475 e. The molecule has 1 saturated heterocycles. The molecule has 5 heterocycles. The molecule has 0 spiro atoms. The first-order chi connectivity index (χ1) is 36.4. The van der Waals surface area contributed by atoms with Gasteiger partial charge in [0.15, 0.2) is 6.23 Å². The minimum absolute atomic E-state index is 0.0237. The van der Waals surface area contributed by atoms with Gasteiger partial charge in [-0.3, -0.25) is 14.7 Å². The summed E-state index contributed by atoms with van der Waals surface area (Å²) in [5, 5.41) is 28.6. The summed E-state index contributed by atoms with van der Waals surface area (Å²) in [6, 6.07) is 34.6. The van der Waals surface area contributed by atoms with Crippen LogP contribution in [-0.4, -0.2) is 110 Å². The lowest BCUT2D eigenvalue weighted by Gasteiger charge is -2.27. The molecule has 77 heavy (non-hydrogen) atoms. The highest BCUT2D eigenvalue weighted by Gasteiger charge is 2.39. The van der Waals surface area contributed by atoms with Gasteiger partial charge in [-0.25, -0.2) is 19.1 Å². The van der Waals surface area contributed by atoms with E-state index < -0.39 is 48.1 Å². The summed E-state index contributed by atoms with van der Waals surface area (Å²) in [6.45, 7) is 7.41. The highest BCUT2D eigenvalue weighted by molar-refractivity contribution is 6.01. The quantitative estimate of drug-likeness (QED) is 0.0808. The number of nitrogens with two attached hydrogens (primary N) is 1. The summed E-state index contributed by atoms with van der Waals surface area (Å²) < 4.78 is 76.9. The lowest BCUT2D eigenvalue weighted by molar-refractivity contribution is -0.193. The molecule has 3 aliphatic rings. The monoisotopic (exact) mass is 1080 g/mol. The zero-order chi connectivity index (χ0) is 56.1. The number of nitrogens with one attached hydrogen (secondary N) is 2. The van der Waals surface area contributed by atoms with Gasteiger partial charge in [-0.15, -0.1) is 0 Å². The SMILES string of the molecule is CC(C)(C)OC(=O)N[C@@H](Cc1ccccc1)C(=O)N1CCc2ccc(-c3ccnn3C3CCCCO3)cc21.N[C@@H](Cc1ccccc1)C(=O)N1CCc2ccc(-c3ccn[nH]3)cc21.O=C(O)C(F)(F)F.O=C(O)C(F)(F)F. The molecule has 1 unspecified atom stereocenters. The largest absolute Gasteiger partial charge is 0.490 e. The Morgan fingerprint density at radius 1 is 0.727 bits per heavy atom. The Hall–Kier alpha value is -8.05. The second-order valence-corrected chi connectivity index (χ2v) is 18.9. The lowest BCUT2D eigenvalue weighted by atomic mass is 10.0. The standard InChI is InChI=1S/C30H36N4O4.C20H20N4O.2C2HF3O2/c1-30(2,3)38-29(36)32-24(19-21-9-5-4-6-10-21)28(35)33-17-15-22-12-13-23(20-26(22)33)25-14-16-31-34(25)27-11-7-8-18-37-27;21-17(12-14-4-2-1-3-5-14)20(25)24-11-9-15-6-7-16(13-19(15)24)18-8-10-22-23-18;2*3-2(4,5)1(6)7/h4-6,9-10,12-14,16,20,24,27H,7-8,11,15,17-19H2,1-3H3,(H,32,36);1-8,10,13,17H,9,11-12,21H2,(H,22,23);2*(H,6,7)/t24-,27?;17-;;/m00../s1. The Bertz CT molecular complexity index is 2920. The predicted octanol–water partition coefficient (Wildman–Crippen LogP) is 9.08. The Morgan fingerprint density at radius 2 is 1.26 bits per heavy atom. The van der Waals surface area contributed by atoms with Crippen molar-refractivity contribution < 1.29 is 70.0 Å². The molecule has 1 fully saturated rings. The molecule has 3 amide bonds. The third-order valence-electron chi connectivity index (χ3n) is 12.1. The first-order valence-electron chi connectivity index (χ1n) is 24.4. The van der Waals surface area contributed by atoms with Crippen LogP contribution in [0.25, 0.3) is 22.5 Å². The number of alkyl carbamates (subject to hydrolysis) is 1. The average molecular weight is 1080 g/mol. The van der Waals surface area contributed by atoms with E-state index in [1.165, 1.54) is 5.56 Å². The molecule has 0 bridgehead atoms. The van der Waals surface area contributed by atoms with E-state index in [4.69, 9.17) is 35.0 Å². The number of carboxylic acid groups (broad SMARTS) is 2. The lowest BCUT2D eigenvalue weighted by Crippen LogP contribution is -2.50. The number of alkyl halides is 6. The summed E-state index contributed by atoms with van der Waals surface area (Å²) in [6.07, 6.45) is -1.66. The molecule has 6 aromatic rings. The Labute approximate surface area is 439 Å². The molecule has 6 N–H and O–H groups in total. The van der Waals surface area contributed by atoms with Gasteiger partial charge in [0.25, 0.3) is 0 Å². The summed E-state index contributed by atoms with van der Waals surface area (Å²) in [4.78, 5) is 60.9. The van der Waals surface area contributed by atoms with Crippen LogP contribution in [-0.2, 0) is 54.3 Å². The van der Waals surface area contributed by atoms with Crippen LogP contribution >= 0.6 is 0 Å². The second-order valence-electron chi connectivity index (χ2n) is 18.9. The van der Waals surface area contributed by atoms with Gasteiger partial charge in [-0.1, -0.05) is 84.9 Å². The number of hydrogen-bond donors (Lipinski definition) is 5. The van der Waals surface area contributed by atoms with E-state index in [-0.39, 0.29) is 18.0 Å². The third-order valence-corrected chi connectivity index (χ3v) is 12.1. The fourth-order valence-electron chi connectivity index (χ4n) is 8.49. The first-order valence-corrected chi connectivity index (χ1v) is 24.4. The van der Waals surface area contributed by atoms with Crippen molar-refractivity contribution in [2.75, 3.05) is 29.5 Å². The zero-order valence-electron chi connectivity index (χ0n) is 42.2. The van der Waals surface area contributed by atoms with E-state index in [9.17, 15) is 40.7 Å². The van der Waals surface area contributed by atoms with Crippen LogP contribution in [0.5, 0.6) is 0 Å². The van der Waals surface area contributed by atoms with Gasteiger partial charge >= 0.3 is 30.4 Å². The fourth-order valence-corrected chi connectivity index (χ4v) is 8.49. The molecule has 3 atom stereocenters. The number of aromatic amines is 1. The predicted molar refractivity (Wildman–Crippen MR) is 271 cm³/mol. The summed E-state index contributed by atoms with van der Waals surface area (Å²) in [5.74, 6) is -5.69. The zero-order valence-corrected chi connectivity index (χ0v) is 42.2. The molecule has 0 radical (unpaired) electrons. The topological polar surface area (TPSA) is 235 Å². The van der Waals surface area contributed by atoms with E-state index in [2.05, 4.69) is 50.9 Å². The Morgan fingerprint density at radius 3 is 1.77 bits per heavy atom. The van der Waals surface area contributed by atoms with Crippen molar-refractivity contribution in [3.63, 3.8) is 0 Å². The highest BCUT2D eigenvalue weighted by Crippen LogP contribution is 2.36.